The molecule has 0 bridgehead atoms. The Labute approximate surface area is 267 Å². The lowest BCUT2D eigenvalue weighted by molar-refractivity contribution is 0.0779. The fourth-order valence-corrected chi connectivity index (χ4v) is 6.20. The minimum Gasteiger partial charge on any atom is -0.376 e. The smallest absolute Gasteiger partial charge is 0.253 e. The molecule has 1 amide bonds. The third-order valence-corrected chi connectivity index (χ3v) is 8.83. The van der Waals surface area contributed by atoms with Gasteiger partial charge in [-0.25, -0.2) is 4.98 Å². The molecule has 3 aromatic carbocycles. The summed E-state index contributed by atoms with van der Waals surface area (Å²) in [4.78, 5) is 36.0. The first-order chi connectivity index (χ1) is 21.9. The van der Waals surface area contributed by atoms with Gasteiger partial charge >= 0.3 is 0 Å². The van der Waals surface area contributed by atoms with E-state index in [2.05, 4.69) is 49.1 Å². The number of ketones is 1. The molecular weight excluding hydrogens is 560 g/mol. The summed E-state index contributed by atoms with van der Waals surface area (Å²) < 4.78 is 7.88. The maximum atomic E-state index is 13.8. The van der Waals surface area contributed by atoms with Crippen molar-refractivity contribution in [3.8, 4) is 0 Å². The molecule has 7 heteroatoms. The van der Waals surface area contributed by atoms with Crippen molar-refractivity contribution < 1.29 is 14.3 Å². The van der Waals surface area contributed by atoms with E-state index >= 15 is 0 Å². The second-order valence-corrected chi connectivity index (χ2v) is 12.4. The number of Topliss-reactive ketones (excluding diaryl/α,β-unsaturated/α-hetero) is 1. The predicted molar refractivity (Wildman–Crippen MR) is 181 cm³/mol. The van der Waals surface area contributed by atoms with Gasteiger partial charge in [0.05, 0.1) is 24.2 Å². The van der Waals surface area contributed by atoms with Crippen LogP contribution in [0.2, 0.25) is 0 Å². The van der Waals surface area contributed by atoms with E-state index in [0.29, 0.717) is 37.7 Å². The number of rotatable bonds is 14. The molecule has 2 heterocycles. The number of carbonyl (C=O) groups excluding carboxylic acids is 2. The quantitative estimate of drug-likeness (QED) is 0.0892. The highest BCUT2D eigenvalue weighted by molar-refractivity contribution is 5.98. The zero-order chi connectivity index (χ0) is 31.6. The monoisotopic (exact) mass is 606 g/mol. The molecule has 0 saturated carbocycles. The number of benzene rings is 3. The molecule has 4 aromatic rings. The van der Waals surface area contributed by atoms with Crippen LogP contribution < -0.4 is 0 Å². The Hall–Kier alpha value is -4.07. The summed E-state index contributed by atoms with van der Waals surface area (Å²) >= 11 is 0. The Kier molecular flexibility index (Phi) is 11.3. The van der Waals surface area contributed by atoms with Crippen LogP contribution in [0, 0.1) is 5.92 Å². The molecule has 0 N–H and O–H groups in total. The highest BCUT2D eigenvalue weighted by atomic mass is 16.5. The van der Waals surface area contributed by atoms with E-state index < -0.39 is 0 Å². The molecule has 1 aliphatic heterocycles. The van der Waals surface area contributed by atoms with Crippen LogP contribution in [0.3, 0.4) is 0 Å². The van der Waals surface area contributed by atoms with Gasteiger partial charge in [-0.1, -0.05) is 72.3 Å². The lowest BCUT2D eigenvalue weighted by atomic mass is 9.90. The minimum atomic E-state index is -0.0389. The molecule has 1 aromatic heterocycles. The molecule has 45 heavy (non-hydrogen) atoms. The van der Waals surface area contributed by atoms with Crippen molar-refractivity contribution in [2.45, 2.75) is 45.6 Å². The predicted octanol–water partition coefficient (Wildman–Crippen LogP) is 6.86. The topological polar surface area (TPSA) is 67.7 Å². The SMILES string of the molecule is CC(C)=CCOCCn1c(C(=O)C2CCN(CCC(CN(C)C(=O)c3ccccc3)c3ccccc3)CC2)nc2ccccc21. The number of likely N-dealkylation sites (N-methyl/N-ethyl adjacent to an activating group) is 1. The van der Waals surface area contributed by atoms with E-state index in [-0.39, 0.29) is 23.5 Å². The summed E-state index contributed by atoms with van der Waals surface area (Å²) in [6, 6.07) is 28.0. The lowest BCUT2D eigenvalue weighted by Gasteiger charge is -2.33. The van der Waals surface area contributed by atoms with Crippen LogP contribution in [-0.2, 0) is 11.3 Å². The third kappa shape index (κ3) is 8.56. The molecule has 1 unspecified atom stereocenters. The van der Waals surface area contributed by atoms with Crippen molar-refractivity contribution in [2.75, 3.05) is 46.4 Å². The van der Waals surface area contributed by atoms with Gasteiger partial charge in [0.1, 0.15) is 0 Å². The first-order valence-corrected chi connectivity index (χ1v) is 16.2. The van der Waals surface area contributed by atoms with Gasteiger partial charge in [-0.3, -0.25) is 9.59 Å². The molecule has 7 nitrogen and oxygen atoms in total. The van der Waals surface area contributed by atoms with Crippen LogP contribution in [0.25, 0.3) is 11.0 Å². The van der Waals surface area contributed by atoms with Crippen LogP contribution in [0.5, 0.6) is 0 Å². The zero-order valence-electron chi connectivity index (χ0n) is 26.9. The number of carbonyl (C=O) groups is 2. The summed E-state index contributed by atoms with van der Waals surface area (Å²) in [5.41, 5.74) is 5.02. The van der Waals surface area contributed by atoms with Crippen molar-refractivity contribution in [1.29, 1.82) is 0 Å². The molecule has 0 radical (unpaired) electrons. The van der Waals surface area contributed by atoms with Crippen LogP contribution in [0.4, 0.5) is 0 Å². The van der Waals surface area contributed by atoms with E-state index in [0.717, 1.165) is 49.9 Å². The number of allylic oxidation sites excluding steroid dienone is 1. The number of ether oxygens (including phenoxy) is 1. The normalized spacial score (nSPS) is 14.7. The van der Waals surface area contributed by atoms with Crippen molar-refractivity contribution >= 4 is 22.7 Å². The molecule has 0 aliphatic carbocycles. The average molecular weight is 607 g/mol. The van der Waals surface area contributed by atoms with Gasteiger partial charge in [-0.15, -0.1) is 0 Å². The van der Waals surface area contributed by atoms with E-state index in [1.165, 1.54) is 11.1 Å². The van der Waals surface area contributed by atoms with Crippen LogP contribution >= 0.6 is 0 Å². The number of hydrogen-bond donors (Lipinski definition) is 0. The molecular formula is C38H46N4O3. The van der Waals surface area contributed by atoms with E-state index in [9.17, 15) is 9.59 Å². The Morgan fingerprint density at radius 1 is 0.933 bits per heavy atom. The summed E-state index contributed by atoms with van der Waals surface area (Å²) in [6.07, 6.45) is 4.65. The van der Waals surface area contributed by atoms with Gasteiger partial charge < -0.3 is 19.1 Å². The number of piperidine rings is 1. The summed E-state index contributed by atoms with van der Waals surface area (Å²) in [5, 5.41) is 0. The maximum absolute atomic E-state index is 13.8. The van der Waals surface area contributed by atoms with Crippen LogP contribution in [0.1, 0.15) is 65.6 Å². The van der Waals surface area contributed by atoms with Crippen molar-refractivity contribution in [2.24, 2.45) is 5.92 Å². The van der Waals surface area contributed by atoms with Gasteiger partial charge in [-0.2, -0.15) is 0 Å². The maximum Gasteiger partial charge on any atom is 0.253 e. The fraction of sp³-hybridized carbons (Fsp3) is 0.395. The lowest BCUT2D eigenvalue weighted by Crippen LogP contribution is -2.38. The molecule has 5 rings (SSSR count). The number of likely N-dealkylation sites (tertiary alicyclic amines) is 1. The second kappa shape index (κ2) is 15.8. The summed E-state index contributed by atoms with van der Waals surface area (Å²) in [7, 11) is 1.89. The van der Waals surface area contributed by atoms with E-state index in [1.54, 1.807) is 0 Å². The van der Waals surface area contributed by atoms with E-state index in [4.69, 9.17) is 9.72 Å². The highest BCUT2D eigenvalue weighted by Gasteiger charge is 2.30. The number of hydrogen-bond acceptors (Lipinski definition) is 5. The zero-order valence-corrected chi connectivity index (χ0v) is 26.9. The van der Waals surface area contributed by atoms with Gasteiger partial charge in [0.2, 0.25) is 5.78 Å². The van der Waals surface area contributed by atoms with Gasteiger partial charge in [0, 0.05) is 37.5 Å². The standard InChI is InChI=1S/C38H46N4O3/c1-29(2)21-26-45-27-25-42-35-17-11-10-16-34(35)39-37(42)36(43)31-18-22-41(23-19-31)24-20-33(30-12-6-4-7-13-30)28-40(3)38(44)32-14-8-5-9-15-32/h4-17,21,31,33H,18-20,22-28H2,1-3H3. The largest absolute Gasteiger partial charge is 0.376 e. The number of amides is 1. The van der Waals surface area contributed by atoms with E-state index in [1.807, 2.05) is 77.2 Å². The number of fused-ring (bicyclic) bond motifs is 1. The molecule has 236 valence electrons. The molecule has 1 atom stereocenters. The first-order valence-electron chi connectivity index (χ1n) is 16.2. The van der Waals surface area contributed by atoms with Crippen LogP contribution in [0.15, 0.2) is 96.6 Å². The number of imidazole rings is 1. The number of aromatic nitrogens is 2. The minimum absolute atomic E-state index is 0.0389. The average Bonchev–Trinajstić information content (AvgIpc) is 3.45. The number of para-hydroxylation sites is 2. The fourth-order valence-electron chi connectivity index (χ4n) is 6.20. The van der Waals surface area contributed by atoms with Crippen molar-refractivity contribution in [3.05, 3.63) is 114 Å². The third-order valence-electron chi connectivity index (χ3n) is 8.83. The Bertz CT molecular complexity index is 1570. The highest BCUT2D eigenvalue weighted by Crippen LogP contribution is 2.27. The first kappa shape index (κ1) is 32.3. The van der Waals surface area contributed by atoms with Gasteiger partial charge in [0.25, 0.3) is 5.91 Å². The van der Waals surface area contributed by atoms with Crippen molar-refractivity contribution in [1.82, 2.24) is 19.4 Å². The van der Waals surface area contributed by atoms with Gasteiger partial charge in [0.15, 0.2) is 5.82 Å². The summed E-state index contributed by atoms with van der Waals surface area (Å²) in [5.74, 6) is 0.917. The second-order valence-electron chi connectivity index (χ2n) is 12.4. The van der Waals surface area contributed by atoms with Gasteiger partial charge in [-0.05, 0) is 82.6 Å². The molecule has 1 fully saturated rings. The molecule has 0 spiro atoms. The summed E-state index contributed by atoms with van der Waals surface area (Å²) in [6.45, 7) is 9.15. The molecule has 1 saturated heterocycles. The Morgan fingerprint density at radius 3 is 2.31 bits per heavy atom. The molecule has 1 aliphatic rings. The Balaban J connectivity index is 1.19. The number of nitrogens with zero attached hydrogens (tertiary/aromatic N) is 4. The van der Waals surface area contributed by atoms with Crippen LogP contribution in [-0.4, -0.2) is 77.5 Å². The Morgan fingerprint density at radius 2 is 1.60 bits per heavy atom. The van der Waals surface area contributed by atoms with Crippen molar-refractivity contribution in [3.63, 3.8) is 0 Å².